The zero-order valence-corrected chi connectivity index (χ0v) is 13.8. The molecule has 1 saturated carbocycles. The highest BCUT2D eigenvalue weighted by Gasteiger charge is 2.36. The van der Waals surface area contributed by atoms with Gasteiger partial charge in [-0.2, -0.15) is 5.10 Å². The second-order valence-electron chi connectivity index (χ2n) is 6.60. The van der Waals surface area contributed by atoms with E-state index in [-0.39, 0.29) is 6.10 Å². The molecule has 2 aliphatic rings. The van der Waals surface area contributed by atoms with Crippen LogP contribution in [0.4, 0.5) is 0 Å². The summed E-state index contributed by atoms with van der Waals surface area (Å²) in [4.78, 5) is 14.7. The molecule has 1 amide bonds. The molecular formula is C17H27N3O2. The molecule has 5 heteroatoms. The second kappa shape index (κ2) is 6.82. The Hall–Kier alpha value is -1.36. The zero-order chi connectivity index (χ0) is 15.5. The lowest BCUT2D eigenvalue weighted by molar-refractivity contribution is -0.149. The number of hydrogen-bond donors (Lipinski definition) is 0. The first-order valence-electron chi connectivity index (χ1n) is 8.57. The van der Waals surface area contributed by atoms with Crippen molar-refractivity contribution in [3.63, 3.8) is 0 Å². The van der Waals surface area contributed by atoms with Gasteiger partial charge >= 0.3 is 0 Å². The highest BCUT2D eigenvalue weighted by Crippen LogP contribution is 2.28. The van der Waals surface area contributed by atoms with Gasteiger partial charge in [0.05, 0.1) is 24.4 Å². The summed E-state index contributed by atoms with van der Waals surface area (Å²) in [6.07, 6.45) is 6.43. The van der Waals surface area contributed by atoms with Gasteiger partial charge in [-0.25, -0.2) is 0 Å². The average Bonchev–Trinajstić information content (AvgIpc) is 2.84. The molecule has 0 N–H and O–H groups in total. The Balaban J connectivity index is 1.51. The summed E-state index contributed by atoms with van der Waals surface area (Å²) in [7, 11) is 0. The summed E-state index contributed by atoms with van der Waals surface area (Å²) in [5.41, 5.74) is 2.21. The number of aromatic nitrogens is 2. The van der Waals surface area contributed by atoms with Crippen molar-refractivity contribution in [1.82, 2.24) is 14.7 Å². The van der Waals surface area contributed by atoms with Crippen molar-refractivity contribution in [2.75, 3.05) is 13.2 Å². The second-order valence-corrected chi connectivity index (χ2v) is 6.60. The molecule has 22 heavy (non-hydrogen) atoms. The van der Waals surface area contributed by atoms with Gasteiger partial charge in [-0.3, -0.25) is 9.48 Å². The number of ether oxygens (including phenoxy) is 1. The molecule has 1 aliphatic heterocycles. The summed E-state index contributed by atoms with van der Waals surface area (Å²) < 4.78 is 7.85. The molecule has 2 atom stereocenters. The molecule has 0 radical (unpaired) electrons. The van der Waals surface area contributed by atoms with Gasteiger partial charge in [-0.1, -0.05) is 12.8 Å². The van der Waals surface area contributed by atoms with E-state index in [1.807, 2.05) is 11.6 Å². The van der Waals surface area contributed by atoms with Crippen molar-refractivity contribution in [2.45, 2.75) is 71.1 Å². The topological polar surface area (TPSA) is 47.4 Å². The Kier molecular flexibility index (Phi) is 4.81. The number of nitrogens with zero attached hydrogens (tertiary/aromatic N) is 3. The smallest absolute Gasteiger partial charge is 0.223 e. The molecule has 2 fully saturated rings. The standard InChI is InChI=1S/C17H27N3O2/c1-13-12-14(2)20(18-13)9-5-8-17(21)19-10-11-22-16-7-4-3-6-15(16)19/h12,15-16H,3-11H2,1-2H3/t15-,16-/m1/s1. The minimum absolute atomic E-state index is 0.280. The highest BCUT2D eigenvalue weighted by atomic mass is 16.5. The van der Waals surface area contributed by atoms with E-state index >= 15 is 0 Å². The molecule has 0 bridgehead atoms. The van der Waals surface area contributed by atoms with Gasteiger partial charge in [-0.15, -0.1) is 0 Å². The summed E-state index contributed by atoms with van der Waals surface area (Å²) in [6.45, 7) is 6.36. The number of hydrogen-bond acceptors (Lipinski definition) is 3. The quantitative estimate of drug-likeness (QED) is 0.858. The van der Waals surface area contributed by atoms with Crippen LogP contribution < -0.4 is 0 Å². The molecule has 122 valence electrons. The molecule has 0 unspecified atom stereocenters. The average molecular weight is 305 g/mol. The van der Waals surface area contributed by atoms with E-state index in [1.165, 1.54) is 18.5 Å². The minimum atomic E-state index is 0.280. The fourth-order valence-electron chi connectivity index (χ4n) is 3.83. The van der Waals surface area contributed by atoms with Gasteiger partial charge in [0.25, 0.3) is 0 Å². The van der Waals surface area contributed by atoms with Crippen LogP contribution in [0.3, 0.4) is 0 Å². The van der Waals surface area contributed by atoms with Crippen LogP contribution in [0, 0.1) is 13.8 Å². The number of carbonyl (C=O) groups is 1. The zero-order valence-electron chi connectivity index (χ0n) is 13.8. The third-order valence-electron chi connectivity index (χ3n) is 4.92. The lowest BCUT2D eigenvalue weighted by Gasteiger charge is -2.43. The lowest BCUT2D eigenvalue weighted by atomic mass is 9.90. The van der Waals surface area contributed by atoms with Crippen LogP contribution in [0.15, 0.2) is 6.07 Å². The molecule has 3 rings (SSSR count). The lowest BCUT2D eigenvalue weighted by Crippen LogP contribution is -2.54. The molecule has 1 aromatic heterocycles. The predicted octanol–water partition coefficient (Wildman–Crippen LogP) is 2.45. The van der Waals surface area contributed by atoms with Crippen LogP contribution in [0.25, 0.3) is 0 Å². The fraction of sp³-hybridized carbons (Fsp3) is 0.765. The number of carbonyl (C=O) groups excluding carboxylic acids is 1. The summed E-state index contributed by atoms with van der Waals surface area (Å²) in [5.74, 6) is 0.293. The summed E-state index contributed by atoms with van der Waals surface area (Å²) in [5, 5.41) is 4.46. The highest BCUT2D eigenvalue weighted by molar-refractivity contribution is 5.76. The summed E-state index contributed by atoms with van der Waals surface area (Å²) in [6, 6.07) is 2.40. The maximum atomic E-state index is 12.6. The SMILES string of the molecule is Cc1cc(C)n(CCCC(=O)N2CCO[C@@H]3CCCC[C@H]32)n1. The number of fused-ring (bicyclic) bond motifs is 1. The van der Waals surface area contributed by atoms with Gasteiger partial charge in [-0.05, 0) is 39.2 Å². The van der Waals surface area contributed by atoms with E-state index < -0.39 is 0 Å². The van der Waals surface area contributed by atoms with Crippen LogP contribution in [-0.4, -0.2) is 45.9 Å². The van der Waals surface area contributed by atoms with E-state index in [9.17, 15) is 4.79 Å². The van der Waals surface area contributed by atoms with Crippen molar-refractivity contribution in [2.24, 2.45) is 0 Å². The van der Waals surface area contributed by atoms with E-state index in [2.05, 4.69) is 23.0 Å². The van der Waals surface area contributed by atoms with Gasteiger partial charge in [0, 0.05) is 25.2 Å². The van der Waals surface area contributed by atoms with E-state index in [0.29, 0.717) is 25.0 Å². The van der Waals surface area contributed by atoms with E-state index in [1.54, 1.807) is 0 Å². The van der Waals surface area contributed by atoms with Crippen molar-refractivity contribution in [3.8, 4) is 0 Å². The maximum Gasteiger partial charge on any atom is 0.223 e. The third-order valence-corrected chi connectivity index (χ3v) is 4.92. The molecule has 5 nitrogen and oxygen atoms in total. The van der Waals surface area contributed by atoms with Gasteiger partial charge in [0.1, 0.15) is 0 Å². The fourth-order valence-corrected chi connectivity index (χ4v) is 3.83. The first kappa shape index (κ1) is 15.5. The van der Waals surface area contributed by atoms with Crippen LogP contribution in [0.5, 0.6) is 0 Å². The van der Waals surface area contributed by atoms with Gasteiger partial charge in [0.2, 0.25) is 5.91 Å². The van der Waals surface area contributed by atoms with Gasteiger partial charge in [0.15, 0.2) is 0 Å². The van der Waals surface area contributed by atoms with Crippen molar-refractivity contribution in [3.05, 3.63) is 17.5 Å². The Morgan fingerprint density at radius 1 is 1.36 bits per heavy atom. The molecule has 0 aromatic carbocycles. The van der Waals surface area contributed by atoms with E-state index in [4.69, 9.17) is 4.74 Å². The Morgan fingerprint density at radius 2 is 2.18 bits per heavy atom. The molecule has 1 aromatic rings. The largest absolute Gasteiger partial charge is 0.374 e. The Labute approximate surface area is 132 Å². The third kappa shape index (κ3) is 3.35. The Morgan fingerprint density at radius 3 is 2.95 bits per heavy atom. The first-order chi connectivity index (χ1) is 10.6. The molecule has 1 aliphatic carbocycles. The van der Waals surface area contributed by atoms with Crippen LogP contribution in [-0.2, 0) is 16.1 Å². The van der Waals surface area contributed by atoms with E-state index in [0.717, 1.165) is 38.0 Å². The van der Waals surface area contributed by atoms with Crippen LogP contribution in [0.2, 0.25) is 0 Å². The number of morpholine rings is 1. The monoisotopic (exact) mass is 305 g/mol. The van der Waals surface area contributed by atoms with Crippen molar-refractivity contribution < 1.29 is 9.53 Å². The number of rotatable bonds is 4. The number of amides is 1. The minimum Gasteiger partial charge on any atom is -0.374 e. The van der Waals surface area contributed by atoms with Gasteiger partial charge < -0.3 is 9.64 Å². The predicted molar refractivity (Wildman–Crippen MR) is 84.6 cm³/mol. The first-order valence-corrected chi connectivity index (χ1v) is 8.57. The number of aryl methyl sites for hydroxylation is 3. The van der Waals surface area contributed by atoms with Crippen molar-refractivity contribution >= 4 is 5.91 Å². The van der Waals surface area contributed by atoms with Crippen molar-refractivity contribution in [1.29, 1.82) is 0 Å². The molecule has 0 spiro atoms. The van der Waals surface area contributed by atoms with Crippen LogP contribution in [0.1, 0.15) is 49.9 Å². The molecule has 1 saturated heterocycles. The summed E-state index contributed by atoms with van der Waals surface area (Å²) >= 11 is 0. The Bertz CT molecular complexity index is 524. The maximum absolute atomic E-state index is 12.6. The molecule has 2 heterocycles. The normalized spacial score (nSPS) is 25.1. The molecular weight excluding hydrogens is 278 g/mol. The van der Waals surface area contributed by atoms with Crippen LogP contribution >= 0.6 is 0 Å².